The third-order valence-electron chi connectivity index (χ3n) is 4.04. The number of halogens is 1. The molecular weight excluding hydrogens is 389 g/mol. The van der Waals surface area contributed by atoms with Gasteiger partial charge in [0.2, 0.25) is 0 Å². The number of sulfone groups is 1. The van der Waals surface area contributed by atoms with Crippen LogP contribution < -0.4 is 5.32 Å². The summed E-state index contributed by atoms with van der Waals surface area (Å²) in [7, 11) is -0.979. The minimum Gasteiger partial charge on any atom is -0.356 e. The van der Waals surface area contributed by atoms with E-state index in [0.717, 1.165) is 32.0 Å². The molecule has 0 aromatic rings. The average molecular weight is 415 g/mol. The lowest BCUT2D eigenvalue weighted by Crippen LogP contribution is -2.47. The predicted octanol–water partition coefficient (Wildman–Crippen LogP) is 1.35. The fourth-order valence-corrected chi connectivity index (χ4v) is 4.84. The minimum absolute atomic E-state index is 0. The lowest BCUT2D eigenvalue weighted by Gasteiger charge is -2.33. The van der Waals surface area contributed by atoms with Gasteiger partial charge in [-0.3, -0.25) is 4.99 Å². The van der Waals surface area contributed by atoms with Crippen LogP contribution in [0.25, 0.3) is 0 Å². The molecule has 20 heavy (non-hydrogen) atoms. The highest BCUT2D eigenvalue weighted by molar-refractivity contribution is 14.0. The number of hydrogen-bond donors (Lipinski definition) is 1. The first-order valence-electron chi connectivity index (χ1n) is 7.16. The van der Waals surface area contributed by atoms with Crippen molar-refractivity contribution >= 4 is 39.8 Å². The maximum atomic E-state index is 11.4. The van der Waals surface area contributed by atoms with Crippen molar-refractivity contribution in [1.29, 1.82) is 0 Å². The zero-order valence-electron chi connectivity index (χ0n) is 12.3. The molecule has 2 saturated heterocycles. The molecule has 2 rings (SSSR count). The largest absolute Gasteiger partial charge is 0.356 e. The number of likely N-dealkylation sites (tertiary alicyclic amines) is 1. The van der Waals surface area contributed by atoms with Crippen LogP contribution in [-0.2, 0) is 9.84 Å². The zero-order chi connectivity index (χ0) is 13.9. The zero-order valence-corrected chi connectivity index (χ0v) is 15.5. The molecule has 0 radical (unpaired) electrons. The highest BCUT2D eigenvalue weighted by atomic mass is 127. The van der Waals surface area contributed by atoms with Crippen LogP contribution >= 0.6 is 24.0 Å². The molecule has 2 aliphatic rings. The van der Waals surface area contributed by atoms with Gasteiger partial charge < -0.3 is 10.2 Å². The monoisotopic (exact) mass is 415 g/mol. The number of nitrogens with zero attached hydrogens (tertiary/aromatic N) is 2. The van der Waals surface area contributed by atoms with E-state index in [4.69, 9.17) is 0 Å². The SMILES string of the molecule is CN=C(NCC1CCS(=O)(=O)C1)N1CCCC(C)C1.I. The summed E-state index contributed by atoms with van der Waals surface area (Å²) in [5.41, 5.74) is 0. The van der Waals surface area contributed by atoms with Crippen molar-refractivity contribution in [3.63, 3.8) is 0 Å². The Hall–Kier alpha value is -0.0500. The van der Waals surface area contributed by atoms with Crippen molar-refractivity contribution < 1.29 is 8.42 Å². The first kappa shape index (κ1) is 18.0. The summed E-state index contributed by atoms with van der Waals surface area (Å²) >= 11 is 0. The van der Waals surface area contributed by atoms with Crippen LogP contribution in [0.2, 0.25) is 0 Å². The molecular formula is C13H26IN3O2S. The summed E-state index contributed by atoms with van der Waals surface area (Å²) in [6.07, 6.45) is 3.27. The Bertz CT molecular complexity index is 439. The van der Waals surface area contributed by atoms with E-state index in [1.165, 1.54) is 12.8 Å². The first-order valence-corrected chi connectivity index (χ1v) is 8.98. The number of guanidine groups is 1. The van der Waals surface area contributed by atoms with Crippen LogP contribution in [-0.4, -0.2) is 57.5 Å². The topological polar surface area (TPSA) is 61.8 Å². The second-order valence-corrected chi connectivity index (χ2v) is 8.12. The third kappa shape index (κ3) is 5.05. The standard InChI is InChI=1S/C13H25N3O2S.HI/c1-11-4-3-6-16(9-11)13(14-2)15-8-12-5-7-19(17,18)10-12;/h11-12H,3-10H2,1-2H3,(H,14,15);1H. The Balaban J connectivity index is 0.00000200. The molecule has 2 heterocycles. The van der Waals surface area contributed by atoms with E-state index in [2.05, 4.69) is 22.1 Å². The highest BCUT2D eigenvalue weighted by Crippen LogP contribution is 2.18. The van der Waals surface area contributed by atoms with Gasteiger partial charge in [0.1, 0.15) is 0 Å². The Morgan fingerprint density at radius 3 is 2.70 bits per heavy atom. The molecule has 0 aromatic heterocycles. The molecule has 1 N–H and O–H groups in total. The molecule has 2 aliphatic heterocycles. The molecule has 5 nitrogen and oxygen atoms in total. The van der Waals surface area contributed by atoms with Gasteiger partial charge in [-0.15, -0.1) is 24.0 Å². The van der Waals surface area contributed by atoms with E-state index in [9.17, 15) is 8.42 Å². The Labute approximate surface area is 139 Å². The maximum Gasteiger partial charge on any atom is 0.193 e. The van der Waals surface area contributed by atoms with Gasteiger partial charge in [-0.1, -0.05) is 6.92 Å². The van der Waals surface area contributed by atoms with Crippen molar-refractivity contribution in [3.8, 4) is 0 Å². The fraction of sp³-hybridized carbons (Fsp3) is 0.923. The van der Waals surface area contributed by atoms with Crippen LogP contribution in [0.4, 0.5) is 0 Å². The first-order chi connectivity index (χ1) is 9.00. The summed E-state index contributed by atoms with van der Waals surface area (Å²) < 4.78 is 22.9. The molecule has 2 unspecified atom stereocenters. The van der Waals surface area contributed by atoms with E-state index < -0.39 is 9.84 Å². The molecule has 0 spiro atoms. The molecule has 2 atom stereocenters. The van der Waals surface area contributed by atoms with Crippen LogP contribution in [0.1, 0.15) is 26.2 Å². The Morgan fingerprint density at radius 1 is 1.40 bits per heavy atom. The number of nitrogens with one attached hydrogen (secondary N) is 1. The van der Waals surface area contributed by atoms with Crippen LogP contribution in [0.5, 0.6) is 0 Å². The highest BCUT2D eigenvalue weighted by Gasteiger charge is 2.28. The molecule has 7 heteroatoms. The average Bonchev–Trinajstić information content (AvgIpc) is 2.70. The van der Waals surface area contributed by atoms with E-state index >= 15 is 0 Å². The van der Waals surface area contributed by atoms with Crippen molar-refractivity contribution in [2.75, 3.05) is 38.2 Å². The predicted molar refractivity (Wildman–Crippen MR) is 93.5 cm³/mol. The molecule has 0 saturated carbocycles. The van der Waals surface area contributed by atoms with Gasteiger partial charge in [-0.05, 0) is 31.1 Å². The van der Waals surface area contributed by atoms with Gasteiger partial charge in [0, 0.05) is 26.7 Å². The number of aliphatic imine (C=N–C) groups is 1. The normalized spacial score (nSPS) is 29.9. The van der Waals surface area contributed by atoms with Gasteiger partial charge in [-0.25, -0.2) is 8.42 Å². The lowest BCUT2D eigenvalue weighted by molar-refractivity contribution is 0.265. The van der Waals surface area contributed by atoms with Gasteiger partial charge in [0.15, 0.2) is 15.8 Å². The lowest BCUT2D eigenvalue weighted by atomic mass is 10.0. The maximum absolute atomic E-state index is 11.4. The molecule has 118 valence electrons. The fourth-order valence-electron chi connectivity index (χ4n) is 2.98. The number of piperidine rings is 1. The van der Waals surface area contributed by atoms with Crippen LogP contribution in [0.3, 0.4) is 0 Å². The van der Waals surface area contributed by atoms with Crippen LogP contribution in [0, 0.1) is 11.8 Å². The smallest absolute Gasteiger partial charge is 0.193 e. The molecule has 0 bridgehead atoms. The quantitative estimate of drug-likeness (QED) is 0.420. The van der Waals surface area contributed by atoms with Gasteiger partial charge in [-0.2, -0.15) is 0 Å². The third-order valence-corrected chi connectivity index (χ3v) is 5.88. The van der Waals surface area contributed by atoms with Crippen molar-refractivity contribution in [1.82, 2.24) is 10.2 Å². The van der Waals surface area contributed by atoms with Crippen molar-refractivity contribution in [3.05, 3.63) is 0 Å². The second kappa shape index (κ2) is 7.82. The summed E-state index contributed by atoms with van der Waals surface area (Å²) in [4.78, 5) is 6.61. The molecule has 2 fully saturated rings. The minimum atomic E-state index is -2.78. The van der Waals surface area contributed by atoms with E-state index in [-0.39, 0.29) is 29.9 Å². The van der Waals surface area contributed by atoms with Crippen molar-refractivity contribution in [2.24, 2.45) is 16.8 Å². The Morgan fingerprint density at radius 2 is 2.15 bits per heavy atom. The van der Waals surface area contributed by atoms with Gasteiger partial charge in [0.25, 0.3) is 0 Å². The van der Waals surface area contributed by atoms with Crippen LogP contribution in [0.15, 0.2) is 4.99 Å². The summed E-state index contributed by atoms with van der Waals surface area (Å²) in [6, 6.07) is 0. The number of hydrogen-bond acceptors (Lipinski definition) is 3. The van der Waals surface area contributed by atoms with Crippen molar-refractivity contribution in [2.45, 2.75) is 26.2 Å². The van der Waals surface area contributed by atoms with Gasteiger partial charge >= 0.3 is 0 Å². The summed E-state index contributed by atoms with van der Waals surface area (Å²) in [6.45, 7) is 5.08. The van der Waals surface area contributed by atoms with E-state index in [0.29, 0.717) is 17.4 Å². The summed E-state index contributed by atoms with van der Waals surface area (Å²) in [5.74, 6) is 2.55. The number of rotatable bonds is 2. The molecule has 0 amide bonds. The molecule has 0 aromatic carbocycles. The van der Waals surface area contributed by atoms with E-state index in [1.807, 2.05) is 0 Å². The summed E-state index contributed by atoms with van der Waals surface area (Å²) in [5, 5.41) is 3.35. The van der Waals surface area contributed by atoms with E-state index in [1.54, 1.807) is 7.05 Å². The Kier molecular flexibility index (Phi) is 7.03. The second-order valence-electron chi connectivity index (χ2n) is 5.89. The molecule has 0 aliphatic carbocycles. The van der Waals surface area contributed by atoms with Gasteiger partial charge in [0.05, 0.1) is 11.5 Å².